The number of rotatable bonds is 3. The molecule has 2 atom stereocenters. The van der Waals surface area contributed by atoms with E-state index >= 15 is 0 Å². The summed E-state index contributed by atoms with van der Waals surface area (Å²) in [5.41, 5.74) is 2.32. The Labute approximate surface area is 118 Å². The lowest BCUT2D eigenvalue weighted by molar-refractivity contribution is -0.147. The maximum absolute atomic E-state index is 12.3. The molecule has 21 heavy (non-hydrogen) atoms. The van der Waals surface area contributed by atoms with Crippen molar-refractivity contribution in [2.45, 2.75) is 18.6 Å². The molecule has 0 aliphatic carbocycles. The molecule has 0 bridgehead atoms. The third-order valence-corrected chi connectivity index (χ3v) is 3.42. The van der Waals surface area contributed by atoms with Gasteiger partial charge in [-0.1, -0.05) is 12.1 Å². The van der Waals surface area contributed by atoms with Crippen LogP contribution in [0.2, 0.25) is 0 Å². The Kier molecular flexibility index (Phi) is 2.95. The van der Waals surface area contributed by atoms with Crippen LogP contribution in [-0.4, -0.2) is 45.8 Å². The number of amides is 3. The van der Waals surface area contributed by atoms with Gasteiger partial charge < -0.3 is 5.11 Å². The molecule has 3 rings (SSSR count). The van der Waals surface area contributed by atoms with Crippen molar-refractivity contribution in [1.29, 1.82) is 0 Å². The molecule has 2 aliphatic heterocycles. The summed E-state index contributed by atoms with van der Waals surface area (Å²) in [4.78, 5) is 52.7. The van der Waals surface area contributed by atoms with Crippen LogP contribution in [0.3, 0.4) is 0 Å². The van der Waals surface area contributed by atoms with E-state index in [1.807, 2.05) is 5.48 Å². The van der Waals surface area contributed by atoms with Crippen molar-refractivity contribution in [3.8, 4) is 0 Å². The first-order valence-corrected chi connectivity index (χ1v) is 6.15. The average molecular weight is 290 g/mol. The third kappa shape index (κ3) is 1.96. The number of carbonyl (C=O) groups is 4. The molecular weight excluding hydrogens is 280 g/mol. The van der Waals surface area contributed by atoms with Gasteiger partial charge in [-0.05, 0) is 12.1 Å². The predicted octanol–water partition coefficient (Wildman–Crippen LogP) is -0.444. The largest absolute Gasteiger partial charge is 0.480 e. The van der Waals surface area contributed by atoms with Crippen molar-refractivity contribution < 1.29 is 29.1 Å². The molecule has 8 nitrogen and oxygen atoms in total. The van der Waals surface area contributed by atoms with E-state index in [1.165, 1.54) is 12.1 Å². The Morgan fingerprint density at radius 2 is 1.81 bits per heavy atom. The standard InChI is InChI=1S/C13H10N2O6/c16-9-5-8(21-14-9)10(13(19)20)15-11(17)6-3-1-2-4-7(6)12(15)18/h1-4,8,10H,5H2,(H,14,16)(H,19,20)/t8-,10-/m0/s1. The van der Waals surface area contributed by atoms with E-state index in [0.29, 0.717) is 4.90 Å². The summed E-state index contributed by atoms with van der Waals surface area (Å²) in [5.74, 6) is -3.31. The van der Waals surface area contributed by atoms with Crippen molar-refractivity contribution in [2.75, 3.05) is 0 Å². The summed E-state index contributed by atoms with van der Waals surface area (Å²) < 4.78 is 0. The molecule has 3 amide bonds. The van der Waals surface area contributed by atoms with Crippen molar-refractivity contribution in [1.82, 2.24) is 10.4 Å². The first-order valence-electron chi connectivity index (χ1n) is 6.15. The number of fused-ring (bicyclic) bond motifs is 1. The van der Waals surface area contributed by atoms with E-state index < -0.39 is 35.8 Å². The maximum atomic E-state index is 12.3. The Hall–Kier alpha value is -2.74. The molecule has 0 saturated carbocycles. The lowest BCUT2D eigenvalue weighted by atomic mass is 10.1. The molecule has 2 heterocycles. The molecule has 2 N–H and O–H groups in total. The van der Waals surface area contributed by atoms with Crippen molar-refractivity contribution >= 4 is 23.7 Å². The number of carboxylic acids is 1. The summed E-state index contributed by atoms with van der Waals surface area (Å²) in [5, 5.41) is 9.33. The first-order chi connectivity index (χ1) is 10.0. The second-order valence-corrected chi connectivity index (χ2v) is 4.69. The van der Waals surface area contributed by atoms with Crippen molar-refractivity contribution in [2.24, 2.45) is 0 Å². The number of hydrogen-bond acceptors (Lipinski definition) is 5. The highest BCUT2D eigenvalue weighted by molar-refractivity contribution is 6.22. The molecule has 0 aromatic heterocycles. The first kappa shape index (κ1) is 13.3. The average Bonchev–Trinajstić information content (AvgIpc) is 2.97. The molecule has 8 heteroatoms. The van der Waals surface area contributed by atoms with Crippen LogP contribution in [0.4, 0.5) is 0 Å². The fraction of sp³-hybridized carbons (Fsp3) is 0.231. The Bertz CT molecular complexity index is 635. The molecular formula is C13H10N2O6. The summed E-state index contributed by atoms with van der Waals surface area (Å²) in [6, 6.07) is 4.51. The van der Waals surface area contributed by atoms with Gasteiger partial charge in [0.05, 0.1) is 17.5 Å². The molecule has 1 fully saturated rings. The molecule has 108 valence electrons. The van der Waals surface area contributed by atoms with Crippen LogP contribution in [0.1, 0.15) is 27.1 Å². The molecule has 0 radical (unpaired) electrons. The van der Waals surface area contributed by atoms with Gasteiger partial charge in [-0.3, -0.25) is 24.1 Å². The van der Waals surface area contributed by atoms with Crippen LogP contribution in [0, 0.1) is 0 Å². The normalized spacial score (nSPS) is 22.2. The van der Waals surface area contributed by atoms with Crippen molar-refractivity contribution in [3.05, 3.63) is 35.4 Å². The second kappa shape index (κ2) is 4.67. The minimum atomic E-state index is -1.56. The quantitative estimate of drug-likeness (QED) is 0.729. The van der Waals surface area contributed by atoms with E-state index in [-0.39, 0.29) is 17.5 Å². The maximum Gasteiger partial charge on any atom is 0.329 e. The van der Waals surface area contributed by atoms with Crippen LogP contribution < -0.4 is 5.48 Å². The van der Waals surface area contributed by atoms with Gasteiger partial charge in [0.25, 0.3) is 11.8 Å². The predicted molar refractivity (Wildman–Crippen MR) is 66.0 cm³/mol. The highest BCUT2D eigenvalue weighted by atomic mass is 16.7. The van der Waals surface area contributed by atoms with E-state index in [9.17, 15) is 24.3 Å². The number of carboxylic acid groups (broad SMARTS) is 1. The number of imide groups is 1. The number of aliphatic carboxylic acids is 1. The molecule has 1 aromatic carbocycles. The zero-order valence-electron chi connectivity index (χ0n) is 10.6. The topological polar surface area (TPSA) is 113 Å². The van der Waals surface area contributed by atoms with Gasteiger partial charge in [-0.2, -0.15) is 0 Å². The van der Waals surface area contributed by atoms with Crippen LogP contribution in [0.5, 0.6) is 0 Å². The smallest absolute Gasteiger partial charge is 0.329 e. The molecule has 1 saturated heterocycles. The van der Waals surface area contributed by atoms with Gasteiger partial charge in [0, 0.05) is 0 Å². The van der Waals surface area contributed by atoms with Crippen LogP contribution in [0.15, 0.2) is 24.3 Å². The summed E-state index contributed by atoms with van der Waals surface area (Å²) >= 11 is 0. The Morgan fingerprint density at radius 1 is 1.24 bits per heavy atom. The Morgan fingerprint density at radius 3 is 2.24 bits per heavy atom. The molecule has 2 aliphatic rings. The van der Waals surface area contributed by atoms with Gasteiger partial charge in [-0.15, -0.1) is 0 Å². The van der Waals surface area contributed by atoms with E-state index in [2.05, 4.69) is 0 Å². The fourth-order valence-electron chi connectivity index (χ4n) is 2.48. The van der Waals surface area contributed by atoms with Gasteiger partial charge in [0.1, 0.15) is 6.10 Å². The number of hydroxylamine groups is 1. The zero-order valence-corrected chi connectivity index (χ0v) is 10.6. The Balaban J connectivity index is 1.99. The summed E-state index contributed by atoms with van der Waals surface area (Å²) in [6.45, 7) is 0. The molecule has 1 aromatic rings. The van der Waals surface area contributed by atoms with E-state index in [1.54, 1.807) is 12.1 Å². The van der Waals surface area contributed by atoms with E-state index in [0.717, 1.165) is 0 Å². The number of hydrogen-bond donors (Lipinski definition) is 2. The SMILES string of the molecule is O=C1C[C@@H]([C@@H](C(=O)O)N2C(=O)c3ccccc3C2=O)ON1. The monoisotopic (exact) mass is 290 g/mol. The van der Waals surface area contributed by atoms with Crippen LogP contribution in [-0.2, 0) is 14.4 Å². The fourth-order valence-corrected chi connectivity index (χ4v) is 2.48. The number of nitrogens with one attached hydrogen (secondary N) is 1. The molecule has 0 spiro atoms. The van der Waals surface area contributed by atoms with Crippen LogP contribution in [0.25, 0.3) is 0 Å². The second-order valence-electron chi connectivity index (χ2n) is 4.69. The number of carbonyl (C=O) groups excluding carboxylic acids is 3. The number of benzene rings is 1. The van der Waals surface area contributed by atoms with E-state index in [4.69, 9.17) is 4.84 Å². The lowest BCUT2D eigenvalue weighted by Gasteiger charge is -2.25. The van der Waals surface area contributed by atoms with Crippen molar-refractivity contribution in [3.63, 3.8) is 0 Å². The van der Waals surface area contributed by atoms with Gasteiger partial charge in [0.2, 0.25) is 5.91 Å². The van der Waals surface area contributed by atoms with Gasteiger partial charge in [-0.25, -0.2) is 10.3 Å². The van der Waals surface area contributed by atoms with Gasteiger partial charge in [0.15, 0.2) is 6.04 Å². The minimum Gasteiger partial charge on any atom is -0.480 e. The summed E-state index contributed by atoms with van der Waals surface area (Å²) in [6.07, 6.45) is -1.35. The number of nitrogens with zero attached hydrogens (tertiary/aromatic N) is 1. The minimum absolute atomic E-state index is 0.144. The zero-order chi connectivity index (χ0) is 15.1. The van der Waals surface area contributed by atoms with Gasteiger partial charge >= 0.3 is 5.97 Å². The molecule has 0 unspecified atom stereocenters. The highest BCUT2D eigenvalue weighted by Crippen LogP contribution is 2.27. The third-order valence-electron chi connectivity index (χ3n) is 3.42. The lowest BCUT2D eigenvalue weighted by Crippen LogP contribution is -2.51. The van der Waals surface area contributed by atoms with Crippen LogP contribution >= 0.6 is 0 Å². The summed E-state index contributed by atoms with van der Waals surface area (Å²) in [7, 11) is 0. The highest BCUT2D eigenvalue weighted by Gasteiger charge is 2.48.